The summed E-state index contributed by atoms with van der Waals surface area (Å²) in [5.41, 5.74) is 5.94. The lowest BCUT2D eigenvalue weighted by molar-refractivity contribution is -0.129. The van der Waals surface area contributed by atoms with Crippen molar-refractivity contribution < 1.29 is 19.0 Å². The monoisotopic (exact) mass is 742 g/mol. The van der Waals surface area contributed by atoms with Gasteiger partial charge < -0.3 is 38.7 Å². The number of anilines is 5. The van der Waals surface area contributed by atoms with E-state index in [1.165, 1.54) is 0 Å². The topological polar surface area (TPSA) is 125 Å². The number of aromatic nitrogens is 5. The third-order valence-corrected chi connectivity index (χ3v) is 10.5. The van der Waals surface area contributed by atoms with E-state index in [0.29, 0.717) is 64.4 Å². The highest BCUT2D eigenvalue weighted by atomic mass is 16.5. The van der Waals surface area contributed by atoms with Gasteiger partial charge in [-0.1, -0.05) is 24.3 Å². The van der Waals surface area contributed by atoms with E-state index in [2.05, 4.69) is 56.0 Å². The van der Waals surface area contributed by atoms with Crippen molar-refractivity contribution in [3.8, 4) is 22.8 Å². The molecule has 284 valence electrons. The lowest BCUT2D eigenvalue weighted by Gasteiger charge is -2.35. The van der Waals surface area contributed by atoms with Crippen molar-refractivity contribution in [2.24, 2.45) is 0 Å². The molecule has 14 heteroatoms. The Labute approximate surface area is 321 Å². The smallest absolute Gasteiger partial charge is 0.228 e. The van der Waals surface area contributed by atoms with Crippen molar-refractivity contribution in [2.75, 3.05) is 92.8 Å². The fourth-order valence-corrected chi connectivity index (χ4v) is 7.32. The number of nitrogens with zero attached hydrogens (tertiary/aromatic N) is 10. The number of piperazine rings is 1. The number of hydrogen-bond acceptors (Lipinski definition) is 13. The molecule has 8 rings (SSSR count). The molecule has 3 aromatic heterocycles. The maximum Gasteiger partial charge on any atom is 0.228 e. The number of fused-ring (bicyclic) bond motifs is 1. The van der Waals surface area contributed by atoms with Crippen LogP contribution >= 0.6 is 0 Å². The molecular weight excluding hydrogens is 697 g/mol. The van der Waals surface area contributed by atoms with Crippen molar-refractivity contribution >= 4 is 35.1 Å². The molecule has 3 aliphatic rings. The third kappa shape index (κ3) is 7.95. The predicted molar refractivity (Wildman–Crippen MR) is 211 cm³/mol. The van der Waals surface area contributed by atoms with E-state index in [1.54, 1.807) is 21.1 Å². The lowest BCUT2D eigenvalue weighted by atomic mass is 10.1. The molecule has 0 unspecified atom stereocenters. The largest absolute Gasteiger partial charge is 0.497 e. The average molecular weight is 743 g/mol. The molecule has 3 aliphatic heterocycles. The molecule has 2 fully saturated rings. The second-order valence-electron chi connectivity index (χ2n) is 13.9. The number of methoxy groups -OCH3 is 2. The Hall–Kier alpha value is -6.02. The number of carbonyl (C=O) groups is 1. The molecule has 2 aromatic carbocycles. The molecule has 0 bridgehead atoms. The molecule has 55 heavy (non-hydrogen) atoms. The molecule has 0 spiro atoms. The fourth-order valence-electron chi connectivity index (χ4n) is 7.32. The zero-order valence-electron chi connectivity index (χ0n) is 31.6. The van der Waals surface area contributed by atoms with E-state index < -0.39 is 0 Å². The van der Waals surface area contributed by atoms with Gasteiger partial charge in [0.1, 0.15) is 23.1 Å². The van der Waals surface area contributed by atoms with Gasteiger partial charge in [-0.2, -0.15) is 4.98 Å². The first kappa shape index (κ1) is 36.0. The summed E-state index contributed by atoms with van der Waals surface area (Å²) in [4.78, 5) is 47.6. The maximum absolute atomic E-state index is 11.8. The molecular formula is C41H46N10O4. The van der Waals surface area contributed by atoms with Crippen LogP contribution in [0.3, 0.4) is 0 Å². The van der Waals surface area contributed by atoms with Crippen LogP contribution in [0.1, 0.15) is 23.6 Å². The van der Waals surface area contributed by atoms with Gasteiger partial charge in [0, 0.05) is 89.3 Å². The Morgan fingerprint density at radius 2 is 1.36 bits per heavy atom. The summed E-state index contributed by atoms with van der Waals surface area (Å²) in [6, 6.07) is 20.3. The number of morpholine rings is 1. The quantitative estimate of drug-likeness (QED) is 0.185. The summed E-state index contributed by atoms with van der Waals surface area (Å²) in [6.45, 7) is 9.21. The highest BCUT2D eigenvalue weighted by Crippen LogP contribution is 2.39. The van der Waals surface area contributed by atoms with Crippen LogP contribution in [0.5, 0.6) is 11.5 Å². The van der Waals surface area contributed by atoms with Crippen LogP contribution in [0.25, 0.3) is 11.3 Å². The maximum atomic E-state index is 11.8. The number of hydrogen-bond donors (Lipinski definition) is 0. The van der Waals surface area contributed by atoms with Crippen molar-refractivity contribution in [3.63, 3.8) is 0 Å². The highest BCUT2D eigenvalue weighted by molar-refractivity contribution is 5.77. The summed E-state index contributed by atoms with van der Waals surface area (Å²) < 4.78 is 16.4. The van der Waals surface area contributed by atoms with Crippen molar-refractivity contribution in [2.45, 2.75) is 26.4 Å². The standard InChI is InChI=1S/C41H46N10O4/c1-29(52)47-16-18-48(19-17-47)37-13-8-33(26-42-37)51-15-14-36-38(45-41(46-39(36)51)49-20-22-55-23-21-49)32-24-43-40(44-25-32)50(27-30-4-9-34(53-2)10-5-30)28-31-6-11-35(54-3)12-7-31/h4-13,24-26H,14-23,27-28H2,1-3H3. The molecule has 0 aliphatic carbocycles. The molecule has 6 heterocycles. The number of benzene rings is 2. The SMILES string of the molecule is COc1ccc(CN(Cc2ccc(OC)cc2)c2ncc(-c3nc(N4CCOCC4)nc4c3CCN4c3ccc(N4CCN(C(C)=O)CC4)nc3)cn2)cc1. The minimum Gasteiger partial charge on any atom is -0.497 e. The van der Waals surface area contributed by atoms with Crippen molar-refractivity contribution in [1.29, 1.82) is 0 Å². The van der Waals surface area contributed by atoms with Gasteiger partial charge in [0.25, 0.3) is 0 Å². The molecule has 2 saturated heterocycles. The van der Waals surface area contributed by atoms with E-state index in [4.69, 9.17) is 39.1 Å². The molecule has 0 N–H and O–H groups in total. The Bertz CT molecular complexity index is 2020. The van der Waals surface area contributed by atoms with Crippen LogP contribution < -0.4 is 29.1 Å². The van der Waals surface area contributed by atoms with Gasteiger partial charge in [-0.3, -0.25) is 4.79 Å². The van der Waals surface area contributed by atoms with Gasteiger partial charge in [-0.05, 0) is 53.9 Å². The normalized spacial score (nSPS) is 15.5. The second kappa shape index (κ2) is 16.1. The third-order valence-electron chi connectivity index (χ3n) is 10.5. The summed E-state index contributed by atoms with van der Waals surface area (Å²) in [6.07, 6.45) is 6.46. The number of carbonyl (C=O) groups excluding carboxylic acids is 1. The number of amides is 1. The van der Waals surface area contributed by atoms with Gasteiger partial charge in [-0.25, -0.2) is 19.9 Å². The lowest BCUT2D eigenvalue weighted by Crippen LogP contribution is -2.48. The number of rotatable bonds is 11. The first-order chi connectivity index (χ1) is 26.9. The van der Waals surface area contributed by atoms with Gasteiger partial charge in [0.05, 0.1) is 45.0 Å². The Morgan fingerprint density at radius 3 is 1.93 bits per heavy atom. The molecule has 1 amide bonds. The fraction of sp³-hybridized carbons (Fsp3) is 0.366. The molecule has 0 saturated carbocycles. The zero-order chi connectivity index (χ0) is 37.7. The van der Waals surface area contributed by atoms with Crippen LogP contribution in [0.4, 0.5) is 29.2 Å². The van der Waals surface area contributed by atoms with Crippen LogP contribution in [0.15, 0.2) is 79.3 Å². The van der Waals surface area contributed by atoms with Gasteiger partial charge in [-0.15, -0.1) is 0 Å². The molecule has 5 aromatic rings. The number of ether oxygens (including phenoxy) is 3. The number of pyridine rings is 1. The first-order valence-electron chi connectivity index (χ1n) is 18.8. The minimum absolute atomic E-state index is 0.118. The average Bonchev–Trinajstić information content (AvgIpc) is 3.68. The van der Waals surface area contributed by atoms with Gasteiger partial charge in [0.15, 0.2) is 0 Å². The predicted octanol–water partition coefficient (Wildman–Crippen LogP) is 4.75. The summed E-state index contributed by atoms with van der Waals surface area (Å²) in [5.74, 6) is 4.81. The Morgan fingerprint density at radius 1 is 0.727 bits per heavy atom. The molecule has 0 atom stereocenters. The molecule has 14 nitrogen and oxygen atoms in total. The summed E-state index contributed by atoms with van der Waals surface area (Å²) in [7, 11) is 3.34. The zero-order valence-corrected chi connectivity index (χ0v) is 31.6. The Balaban J connectivity index is 1.09. The first-order valence-corrected chi connectivity index (χ1v) is 18.8. The van der Waals surface area contributed by atoms with E-state index in [0.717, 1.165) is 82.8 Å². The van der Waals surface area contributed by atoms with Gasteiger partial charge >= 0.3 is 0 Å². The van der Waals surface area contributed by atoms with Crippen LogP contribution in [0.2, 0.25) is 0 Å². The van der Waals surface area contributed by atoms with E-state index in [9.17, 15) is 4.79 Å². The van der Waals surface area contributed by atoms with Gasteiger partial charge in [0.2, 0.25) is 17.8 Å². The van der Waals surface area contributed by atoms with Crippen molar-refractivity contribution in [3.05, 3.63) is 95.9 Å². The minimum atomic E-state index is 0.118. The van der Waals surface area contributed by atoms with Crippen molar-refractivity contribution in [1.82, 2.24) is 29.8 Å². The highest BCUT2D eigenvalue weighted by Gasteiger charge is 2.30. The van der Waals surface area contributed by atoms with Crippen LogP contribution in [-0.2, 0) is 29.0 Å². The summed E-state index contributed by atoms with van der Waals surface area (Å²) >= 11 is 0. The Kier molecular flexibility index (Phi) is 10.6. The van der Waals surface area contributed by atoms with Crippen LogP contribution in [-0.4, -0.2) is 109 Å². The van der Waals surface area contributed by atoms with E-state index in [-0.39, 0.29) is 5.91 Å². The van der Waals surface area contributed by atoms with E-state index >= 15 is 0 Å². The second-order valence-corrected chi connectivity index (χ2v) is 13.9. The van der Waals surface area contributed by atoms with E-state index in [1.807, 2.05) is 47.8 Å². The molecule has 0 radical (unpaired) electrons. The summed E-state index contributed by atoms with van der Waals surface area (Å²) in [5, 5.41) is 0. The van der Waals surface area contributed by atoms with Crippen LogP contribution in [0, 0.1) is 0 Å².